The second kappa shape index (κ2) is 4.60. The van der Waals surface area contributed by atoms with Crippen LogP contribution in [-0.4, -0.2) is 12.1 Å². The molecule has 16 heavy (non-hydrogen) atoms. The van der Waals surface area contributed by atoms with Gasteiger partial charge in [0.15, 0.2) is 0 Å². The number of hydrogen-bond donors (Lipinski definition) is 1. The van der Waals surface area contributed by atoms with E-state index in [1.165, 1.54) is 12.1 Å². The monoisotopic (exact) mass is 243 g/mol. The Balaban J connectivity index is 2.13. The highest BCUT2D eigenvalue weighted by molar-refractivity contribution is 6.32. The highest BCUT2D eigenvalue weighted by Gasteiger charge is 2.38. The lowest BCUT2D eigenvalue weighted by atomic mass is 9.77. The summed E-state index contributed by atoms with van der Waals surface area (Å²) in [6, 6.07) is 4.20. The van der Waals surface area contributed by atoms with Gasteiger partial charge in [-0.15, -0.1) is 0 Å². The molecular weight excluding hydrogens is 229 g/mol. The zero-order valence-electron chi connectivity index (χ0n) is 9.01. The van der Waals surface area contributed by atoms with E-state index in [1.54, 1.807) is 6.07 Å². The van der Waals surface area contributed by atoms with Crippen LogP contribution in [0.3, 0.4) is 0 Å². The number of hydrogen-bond acceptors (Lipinski definition) is 2. The molecule has 0 unspecified atom stereocenters. The number of benzene rings is 1. The van der Waals surface area contributed by atoms with Crippen molar-refractivity contribution >= 4 is 11.6 Å². The van der Waals surface area contributed by atoms with E-state index in [0.717, 1.165) is 25.7 Å². The van der Waals surface area contributed by atoms with Gasteiger partial charge in [0, 0.05) is 0 Å². The average Bonchev–Trinajstić information content (AvgIpc) is 2.18. The van der Waals surface area contributed by atoms with E-state index in [1.807, 2.05) is 0 Å². The normalized spacial score (nSPS) is 17.9. The van der Waals surface area contributed by atoms with Gasteiger partial charge in [0.1, 0.15) is 17.2 Å². The van der Waals surface area contributed by atoms with Gasteiger partial charge in [-0.3, -0.25) is 0 Å². The summed E-state index contributed by atoms with van der Waals surface area (Å²) < 4.78 is 18.7. The summed E-state index contributed by atoms with van der Waals surface area (Å²) in [6.07, 6.45) is 3.97. The molecule has 1 aromatic rings. The van der Waals surface area contributed by atoms with Gasteiger partial charge in [-0.25, -0.2) is 4.39 Å². The fourth-order valence-corrected chi connectivity index (χ4v) is 2.23. The van der Waals surface area contributed by atoms with Crippen molar-refractivity contribution in [3.8, 4) is 5.75 Å². The van der Waals surface area contributed by atoms with Gasteiger partial charge in [-0.2, -0.15) is 0 Å². The number of halogens is 2. The van der Waals surface area contributed by atoms with Gasteiger partial charge < -0.3 is 10.5 Å². The van der Waals surface area contributed by atoms with Crippen molar-refractivity contribution in [3.05, 3.63) is 29.0 Å². The Hall–Kier alpha value is -0.800. The maximum Gasteiger partial charge on any atom is 0.138 e. The zero-order chi connectivity index (χ0) is 11.6. The number of nitrogens with two attached hydrogens (primary N) is 1. The lowest BCUT2D eigenvalue weighted by Crippen LogP contribution is -2.44. The first-order chi connectivity index (χ1) is 7.65. The molecule has 0 bridgehead atoms. The van der Waals surface area contributed by atoms with Gasteiger partial charge in [-0.05, 0) is 50.4 Å². The molecule has 0 heterocycles. The lowest BCUT2D eigenvalue weighted by molar-refractivity contribution is -0.0124. The van der Waals surface area contributed by atoms with Crippen LogP contribution in [0.1, 0.15) is 25.7 Å². The van der Waals surface area contributed by atoms with Gasteiger partial charge in [0.25, 0.3) is 0 Å². The Morgan fingerprint density at radius 1 is 1.44 bits per heavy atom. The quantitative estimate of drug-likeness (QED) is 0.882. The van der Waals surface area contributed by atoms with Crippen LogP contribution in [0.5, 0.6) is 5.75 Å². The third-order valence-electron chi connectivity index (χ3n) is 3.09. The molecule has 0 atom stereocenters. The summed E-state index contributed by atoms with van der Waals surface area (Å²) in [5, 5.41) is 0.322. The topological polar surface area (TPSA) is 35.2 Å². The van der Waals surface area contributed by atoms with Crippen LogP contribution in [0.2, 0.25) is 5.02 Å². The highest BCUT2D eigenvalue weighted by atomic mass is 35.5. The molecule has 4 heteroatoms. The fourth-order valence-electron chi connectivity index (χ4n) is 2.03. The van der Waals surface area contributed by atoms with Crippen LogP contribution >= 0.6 is 11.6 Å². The van der Waals surface area contributed by atoms with Crippen molar-refractivity contribution in [1.82, 2.24) is 0 Å². The summed E-state index contributed by atoms with van der Waals surface area (Å²) >= 11 is 5.92. The Morgan fingerprint density at radius 3 is 2.69 bits per heavy atom. The van der Waals surface area contributed by atoms with E-state index >= 15 is 0 Å². The summed E-state index contributed by atoms with van der Waals surface area (Å²) in [7, 11) is 0. The maximum absolute atomic E-state index is 12.9. The Morgan fingerprint density at radius 2 is 2.19 bits per heavy atom. The van der Waals surface area contributed by atoms with Gasteiger partial charge >= 0.3 is 0 Å². The summed E-state index contributed by atoms with van der Waals surface area (Å²) in [4.78, 5) is 0. The molecule has 2 nitrogen and oxygen atoms in total. The number of ether oxygens (including phenoxy) is 1. The molecule has 0 aliphatic heterocycles. The molecule has 2 rings (SSSR count). The summed E-state index contributed by atoms with van der Waals surface area (Å²) in [5.41, 5.74) is 5.40. The first-order valence-corrected chi connectivity index (χ1v) is 5.87. The molecule has 1 aliphatic rings. The standard InChI is InChI=1S/C12H15ClFNO/c13-10-8-9(14)2-3-11(10)16-12(6-7-15)4-1-5-12/h2-3,8H,1,4-7,15H2. The molecule has 0 aromatic heterocycles. The fraction of sp³-hybridized carbons (Fsp3) is 0.500. The average molecular weight is 244 g/mol. The van der Waals surface area contributed by atoms with E-state index in [0.29, 0.717) is 17.3 Å². The van der Waals surface area contributed by atoms with Crippen LogP contribution in [0.4, 0.5) is 4.39 Å². The van der Waals surface area contributed by atoms with E-state index < -0.39 is 0 Å². The van der Waals surface area contributed by atoms with Crippen molar-refractivity contribution < 1.29 is 9.13 Å². The third-order valence-corrected chi connectivity index (χ3v) is 3.38. The molecule has 0 radical (unpaired) electrons. The zero-order valence-corrected chi connectivity index (χ0v) is 9.77. The molecule has 0 amide bonds. The van der Waals surface area contributed by atoms with Crippen molar-refractivity contribution in [1.29, 1.82) is 0 Å². The summed E-state index contributed by atoms with van der Waals surface area (Å²) in [5.74, 6) is 0.204. The highest BCUT2D eigenvalue weighted by Crippen LogP contribution is 2.41. The second-order valence-electron chi connectivity index (χ2n) is 4.25. The van der Waals surface area contributed by atoms with Crippen LogP contribution in [0, 0.1) is 5.82 Å². The van der Waals surface area contributed by atoms with Gasteiger partial charge in [-0.1, -0.05) is 11.6 Å². The third kappa shape index (κ3) is 2.30. The molecule has 1 saturated carbocycles. The van der Waals surface area contributed by atoms with Gasteiger partial charge in [0.05, 0.1) is 5.02 Å². The minimum atomic E-state index is -0.348. The molecule has 1 aliphatic carbocycles. The van der Waals surface area contributed by atoms with E-state index in [-0.39, 0.29) is 11.4 Å². The molecule has 0 spiro atoms. The molecule has 0 saturated heterocycles. The Labute approximate surface area is 99.5 Å². The van der Waals surface area contributed by atoms with E-state index in [2.05, 4.69) is 0 Å². The molecule has 1 aromatic carbocycles. The minimum absolute atomic E-state index is 0.170. The Bertz CT molecular complexity index is 379. The smallest absolute Gasteiger partial charge is 0.138 e. The second-order valence-corrected chi connectivity index (χ2v) is 4.66. The van der Waals surface area contributed by atoms with Crippen LogP contribution in [0.25, 0.3) is 0 Å². The van der Waals surface area contributed by atoms with Crippen LogP contribution < -0.4 is 10.5 Å². The Kier molecular flexibility index (Phi) is 3.36. The van der Waals surface area contributed by atoms with Gasteiger partial charge in [0.2, 0.25) is 0 Å². The summed E-state index contributed by atoms with van der Waals surface area (Å²) in [6.45, 7) is 0.596. The first kappa shape index (κ1) is 11.7. The van der Waals surface area contributed by atoms with Crippen molar-refractivity contribution in [2.75, 3.05) is 6.54 Å². The molecule has 2 N–H and O–H groups in total. The number of rotatable bonds is 4. The minimum Gasteiger partial charge on any atom is -0.486 e. The maximum atomic E-state index is 12.9. The van der Waals surface area contributed by atoms with Crippen molar-refractivity contribution in [2.45, 2.75) is 31.3 Å². The molecule has 1 fully saturated rings. The van der Waals surface area contributed by atoms with E-state index in [4.69, 9.17) is 22.1 Å². The van der Waals surface area contributed by atoms with E-state index in [9.17, 15) is 4.39 Å². The largest absolute Gasteiger partial charge is 0.486 e. The predicted octanol–water partition coefficient (Wildman–Crippen LogP) is 3.13. The van der Waals surface area contributed by atoms with Crippen molar-refractivity contribution in [2.24, 2.45) is 5.73 Å². The van der Waals surface area contributed by atoms with Crippen LogP contribution in [-0.2, 0) is 0 Å². The molecule has 88 valence electrons. The first-order valence-electron chi connectivity index (χ1n) is 5.49. The SMILES string of the molecule is NCCC1(Oc2ccc(F)cc2Cl)CCC1. The predicted molar refractivity (Wildman–Crippen MR) is 62.3 cm³/mol. The molecular formula is C12H15ClFNO. The van der Waals surface area contributed by atoms with Crippen molar-refractivity contribution in [3.63, 3.8) is 0 Å². The lowest BCUT2D eigenvalue weighted by Gasteiger charge is -2.42. The van der Waals surface area contributed by atoms with Crippen LogP contribution in [0.15, 0.2) is 18.2 Å².